The number of amides is 1. The standard InChI is InChI=1S/C16H20N4O3S2.ClH/c1-25(22,23)20-12-6-4-11(5-7-12)13-10-24-15(18-13)19-14(21)16(17)8-2-3-9-16;/h4-7,10,20H,2-3,8-9,17H2,1H3,(H,18,19,21);1H. The third kappa shape index (κ3) is 4.94. The molecule has 10 heteroatoms. The van der Waals surface area contributed by atoms with Gasteiger partial charge in [-0.2, -0.15) is 0 Å². The van der Waals surface area contributed by atoms with E-state index in [1.165, 1.54) is 11.3 Å². The second-order valence-corrected chi connectivity index (χ2v) is 8.91. The largest absolute Gasteiger partial charge is 0.317 e. The van der Waals surface area contributed by atoms with E-state index in [0.717, 1.165) is 24.7 Å². The number of carbonyl (C=O) groups excluding carboxylic acids is 1. The highest BCUT2D eigenvalue weighted by atomic mass is 35.5. The third-order valence-corrected chi connectivity index (χ3v) is 5.52. The summed E-state index contributed by atoms with van der Waals surface area (Å²) in [7, 11) is -3.30. The van der Waals surface area contributed by atoms with Crippen LogP contribution < -0.4 is 15.8 Å². The Balaban J connectivity index is 0.00000243. The molecule has 2 aromatic rings. The summed E-state index contributed by atoms with van der Waals surface area (Å²) >= 11 is 1.33. The molecule has 0 unspecified atom stereocenters. The lowest BCUT2D eigenvalue weighted by Gasteiger charge is -2.21. The summed E-state index contributed by atoms with van der Waals surface area (Å²) < 4.78 is 24.9. The van der Waals surface area contributed by atoms with E-state index < -0.39 is 15.6 Å². The number of nitrogens with two attached hydrogens (primary N) is 1. The van der Waals surface area contributed by atoms with Crippen molar-refractivity contribution in [1.82, 2.24) is 4.98 Å². The van der Waals surface area contributed by atoms with Crippen molar-refractivity contribution in [1.29, 1.82) is 0 Å². The highest BCUT2D eigenvalue weighted by Gasteiger charge is 2.37. The first-order valence-electron chi connectivity index (χ1n) is 7.89. The summed E-state index contributed by atoms with van der Waals surface area (Å²) in [6.45, 7) is 0. The number of sulfonamides is 1. The number of halogens is 1. The van der Waals surface area contributed by atoms with Crippen LogP contribution in [0.1, 0.15) is 25.7 Å². The zero-order valence-electron chi connectivity index (χ0n) is 14.2. The van der Waals surface area contributed by atoms with Crippen LogP contribution >= 0.6 is 23.7 Å². The molecule has 0 spiro atoms. The molecule has 0 atom stereocenters. The summed E-state index contributed by atoms with van der Waals surface area (Å²) in [6, 6.07) is 6.88. The molecule has 7 nitrogen and oxygen atoms in total. The van der Waals surface area contributed by atoms with Crippen molar-refractivity contribution in [2.75, 3.05) is 16.3 Å². The van der Waals surface area contributed by atoms with E-state index in [4.69, 9.17) is 5.73 Å². The Labute approximate surface area is 162 Å². The van der Waals surface area contributed by atoms with Crippen LogP contribution in [0.15, 0.2) is 29.6 Å². The van der Waals surface area contributed by atoms with Gasteiger partial charge < -0.3 is 11.1 Å². The Kier molecular flexibility index (Phi) is 6.28. The predicted molar refractivity (Wildman–Crippen MR) is 107 cm³/mol. The van der Waals surface area contributed by atoms with E-state index in [1.807, 2.05) is 5.38 Å². The third-order valence-electron chi connectivity index (χ3n) is 4.16. The lowest BCUT2D eigenvalue weighted by Crippen LogP contribution is -2.48. The molecule has 1 saturated carbocycles. The van der Waals surface area contributed by atoms with Gasteiger partial charge in [0.25, 0.3) is 0 Å². The van der Waals surface area contributed by atoms with Crippen LogP contribution in [0.25, 0.3) is 11.3 Å². The molecular formula is C16H21ClN4O3S2. The number of hydrogen-bond donors (Lipinski definition) is 3. The first-order valence-corrected chi connectivity index (χ1v) is 10.7. The number of nitrogens with one attached hydrogen (secondary N) is 2. The monoisotopic (exact) mass is 416 g/mol. The number of nitrogens with zero attached hydrogens (tertiary/aromatic N) is 1. The number of carbonyl (C=O) groups is 1. The topological polar surface area (TPSA) is 114 Å². The van der Waals surface area contributed by atoms with Gasteiger partial charge in [-0.3, -0.25) is 9.52 Å². The molecule has 1 amide bonds. The summed E-state index contributed by atoms with van der Waals surface area (Å²) in [4.78, 5) is 16.7. The molecule has 1 heterocycles. The second-order valence-electron chi connectivity index (χ2n) is 6.31. The van der Waals surface area contributed by atoms with E-state index in [-0.39, 0.29) is 18.3 Å². The van der Waals surface area contributed by atoms with Gasteiger partial charge >= 0.3 is 0 Å². The molecule has 3 rings (SSSR count). The Bertz CT molecular complexity index is 875. The van der Waals surface area contributed by atoms with Gasteiger partial charge in [0.1, 0.15) is 0 Å². The van der Waals surface area contributed by atoms with Crippen molar-refractivity contribution in [3.05, 3.63) is 29.6 Å². The lowest BCUT2D eigenvalue weighted by molar-refractivity contribution is -0.121. The van der Waals surface area contributed by atoms with Crippen LogP contribution in [0.4, 0.5) is 10.8 Å². The fourth-order valence-electron chi connectivity index (χ4n) is 2.84. The van der Waals surface area contributed by atoms with Crippen molar-refractivity contribution in [3.63, 3.8) is 0 Å². The van der Waals surface area contributed by atoms with Gasteiger partial charge in [0, 0.05) is 16.6 Å². The highest BCUT2D eigenvalue weighted by molar-refractivity contribution is 7.92. The quantitative estimate of drug-likeness (QED) is 0.693. The molecule has 4 N–H and O–H groups in total. The minimum Gasteiger partial charge on any atom is -0.317 e. The maximum absolute atomic E-state index is 12.3. The number of anilines is 2. The summed E-state index contributed by atoms with van der Waals surface area (Å²) in [5.41, 5.74) is 7.39. The Morgan fingerprint density at radius 2 is 1.85 bits per heavy atom. The van der Waals surface area contributed by atoms with Gasteiger partial charge in [0.2, 0.25) is 15.9 Å². The summed E-state index contributed by atoms with van der Waals surface area (Å²) in [6.07, 6.45) is 4.45. The van der Waals surface area contributed by atoms with Gasteiger partial charge in [0.05, 0.1) is 17.5 Å². The summed E-state index contributed by atoms with van der Waals surface area (Å²) in [5, 5.41) is 5.16. The molecule has 1 aromatic carbocycles. The molecule has 1 aliphatic rings. The maximum Gasteiger partial charge on any atom is 0.246 e. The fourth-order valence-corrected chi connectivity index (χ4v) is 4.12. The minimum absolute atomic E-state index is 0. The van der Waals surface area contributed by atoms with Gasteiger partial charge in [-0.15, -0.1) is 23.7 Å². The van der Waals surface area contributed by atoms with Gasteiger partial charge in [0.15, 0.2) is 5.13 Å². The molecule has 0 saturated heterocycles. The average Bonchev–Trinajstić information content (AvgIpc) is 3.17. The number of benzene rings is 1. The molecule has 1 aliphatic carbocycles. The van der Waals surface area contributed by atoms with Gasteiger partial charge in [-0.25, -0.2) is 13.4 Å². The molecule has 0 radical (unpaired) electrons. The van der Waals surface area contributed by atoms with E-state index in [9.17, 15) is 13.2 Å². The zero-order chi connectivity index (χ0) is 18.1. The van der Waals surface area contributed by atoms with E-state index in [2.05, 4.69) is 15.0 Å². The van der Waals surface area contributed by atoms with Crippen LogP contribution in [-0.2, 0) is 14.8 Å². The Morgan fingerprint density at radius 1 is 1.23 bits per heavy atom. The van der Waals surface area contributed by atoms with E-state index >= 15 is 0 Å². The maximum atomic E-state index is 12.3. The molecule has 0 bridgehead atoms. The van der Waals surface area contributed by atoms with Crippen molar-refractivity contribution in [3.8, 4) is 11.3 Å². The molecule has 26 heavy (non-hydrogen) atoms. The predicted octanol–water partition coefficient (Wildman–Crippen LogP) is 2.81. The SMILES string of the molecule is CS(=O)(=O)Nc1ccc(-c2csc(NC(=O)C3(N)CCCC3)n2)cc1.Cl. The first-order chi connectivity index (χ1) is 11.8. The molecule has 0 aliphatic heterocycles. The van der Waals surface area contributed by atoms with Crippen LogP contribution in [0.5, 0.6) is 0 Å². The van der Waals surface area contributed by atoms with Crippen molar-refractivity contribution >= 4 is 50.5 Å². The van der Waals surface area contributed by atoms with E-state index in [1.54, 1.807) is 24.3 Å². The van der Waals surface area contributed by atoms with E-state index in [0.29, 0.717) is 29.4 Å². The molecule has 142 valence electrons. The number of aromatic nitrogens is 1. The lowest BCUT2D eigenvalue weighted by atomic mass is 9.98. The van der Waals surface area contributed by atoms with Crippen LogP contribution in [-0.4, -0.2) is 31.1 Å². The minimum atomic E-state index is -3.30. The second kappa shape index (κ2) is 7.91. The normalized spacial score (nSPS) is 15.9. The Morgan fingerprint density at radius 3 is 2.42 bits per heavy atom. The fraction of sp³-hybridized carbons (Fsp3) is 0.375. The van der Waals surface area contributed by atoms with Crippen molar-refractivity contribution in [2.24, 2.45) is 5.73 Å². The highest BCUT2D eigenvalue weighted by Crippen LogP contribution is 2.30. The van der Waals surface area contributed by atoms with Crippen LogP contribution in [0.3, 0.4) is 0 Å². The van der Waals surface area contributed by atoms with Gasteiger partial charge in [-0.05, 0) is 25.0 Å². The van der Waals surface area contributed by atoms with Crippen molar-refractivity contribution < 1.29 is 13.2 Å². The van der Waals surface area contributed by atoms with Crippen LogP contribution in [0.2, 0.25) is 0 Å². The van der Waals surface area contributed by atoms with Crippen molar-refractivity contribution in [2.45, 2.75) is 31.2 Å². The Hall–Kier alpha value is -1.68. The first kappa shape index (κ1) is 20.6. The molecule has 1 aromatic heterocycles. The number of rotatable bonds is 5. The smallest absolute Gasteiger partial charge is 0.246 e. The number of hydrogen-bond acceptors (Lipinski definition) is 6. The van der Waals surface area contributed by atoms with Gasteiger partial charge in [-0.1, -0.05) is 25.0 Å². The molecule has 1 fully saturated rings. The van der Waals surface area contributed by atoms with Crippen LogP contribution in [0, 0.1) is 0 Å². The number of thiazole rings is 1. The summed E-state index contributed by atoms with van der Waals surface area (Å²) in [5.74, 6) is -0.182. The average molecular weight is 417 g/mol. The zero-order valence-corrected chi connectivity index (χ0v) is 16.6. The molecular weight excluding hydrogens is 396 g/mol.